The standard InChI is InChI=1S/C18H27N5O.HI/c1-13-17(14(2)23(4)22-13)10-11-20-18(19-3)21-12-15-6-8-16(24-5)9-7-15;/h6-9H,10-12H2,1-5H3,(H2,19,20,21);1H. The van der Waals surface area contributed by atoms with Crippen LogP contribution in [0.2, 0.25) is 0 Å². The van der Waals surface area contributed by atoms with Crippen LogP contribution in [0.1, 0.15) is 22.5 Å². The fraction of sp³-hybridized carbons (Fsp3) is 0.444. The molecule has 6 nitrogen and oxygen atoms in total. The Hall–Kier alpha value is -1.77. The smallest absolute Gasteiger partial charge is 0.191 e. The molecule has 1 heterocycles. The summed E-state index contributed by atoms with van der Waals surface area (Å²) in [6.07, 6.45) is 0.925. The van der Waals surface area contributed by atoms with Gasteiger partial charge in [-0.2, -0.15) is 5.10 Å². The first-order valence-electron chi connectivity index (χ1n) is 8.11. The van der Waals surface area contributed by atoms with Gasteiger partial charge in [0.25, 0.3) is 0 Å². The second kappa shape index (κ2) is 10.3. The average molecular weight is 457 g/mol. The van der Waals surface area contributed by atoms with Gasteiger partial charge in [-0.1, -0.05) is 12.1 Å². The number of hydrogen-bond donors (Lipinski definition) is 2. The van der Waals surface area contributed by atoms with E-state index in [-0.39, 0.29) is 24.0 Å². The molecule has 2 rings (SSSR count). The van der Waals surface area contributed by atoms with Gasteiger partial charge >= 0.3 is 0 Å². The molecule has 2 aromatic rings. The number of rotatable bonds is 6. The van der Waals surface area contributed by atoms with Crippen molar-refractivity contribution < 1.29 is 4.74 Å². The highest BCUT2D eigenvalue weighted by Gasteiger charge is 2.09. The molecule has 138 valence electrons. The Bertz CT molecular complexity index is 694. The van der Waals surface area contributed by atoms with Gasteiger partial charge in [0.05, 0.1) is 12.8 Å². The van der Waals surface area contributed by atoms with Crippen LogP contribution in [0.3, 0.4) is 0 Å². The molecular formula is C18H28IN5O. The molecule has 0 bridgehead atoms. The van der Waals surface area contributed by atoms with E-state index in [1.165, 1.54) is 16.8 Å². The summed E-state index contributed by atoms with van der Waals surface area (Å²) in [5.74, 6) is 1.66. The molecule has 0 spiro atoms. The van der Waals surface area contributed by atoms with Gasteiger partial charge in [-0.25, -0.2) is 0 Å². The molecule has 0 saturated carbocycles. The first-order valence-corrected chi connectivity index (χ1v) is 8.11. The van der Waals surface area contributed by atoms with Gasteiger partial charge < -0.3 is 15.4 Å². The molecule has 0 unspecified atom stereocenters. The number of nitrogens with one attached hydrogen (secondary N) is 2. The number of benzene rings is 1. The SMILES string of the molecule is CN=C(NCCc1c(C)nn(C)c1C)NCc1ccc(OC)cc1.I. The van der Waals surface area contributed by atoms with Crippen LogP contribution in [0.25, 0.3) is 0 Å². The van der Waals surface area contributed by atoms with Crippen molar-refractivity contribution in [3.05, 3.63) is 46.8 Å². The van der Waals surface area contributed by atoms with Crippen molar-refractivity contribution in [1.29, 1.82) is 0 Å². The van der Waals surface area contributed by atoms with E-state index in [0.717, 1.165) is 30.4 Å². The quantitative estimate of drug-likeness (QED) is 0.398. The maximum atomic E-state index is 5.17. The van der Waals surface area contributed by atoms with E-state index in [4.69, 9.17) is 4.74 Å². The average Bonchev–Trinajstić information content (AvgIpc) is 2.84. The number of halogens is 1. The summed E-state index contributed by atoms with van der Waals surface area (Å²) in [5.41, 5.74) is 4.79. The Morgan fingerprint density at radius 1 is 1.20 bits per heavy atom. The van der Waals surface area contributed by atoms with Crippen LogP contribution in [0.4, 0.5) is 0 Å². The van der Waals surface area contributed by atoms with Crippen molar-refractivity contribution in [1.82, 2.24) is 20.4 Å². The Kier molecular flexibility index (Phi) is 8.74. The number of aliphatic imine (C=N–C) groups is 1. The van der Waals surface area contributed by atoms with E-state index in [0.29, 0.717) is 6.54 Å². The highest BCUT2D eigenvalue weighted by molar-refractivity contribution is 14.0. The predicted molar refractivity (Wildman–Crippen MR) is 113 cm³/mol. The van der Waals surface area contributed by atoms with E-state index in [9.17, 15) is 0 Å². The first kappa shape index (κ1) is 21.3. The molecule has 1 aromatic heterocycles. The summed E-state index contributed by atoms with van der Waals surface area (Å²) in [6, 6.07) is 8.01. The normalized spacial score (nSPS) is 11.0. The largest absolute Gasteiger partial charge is 0.497 e. The second-order valence-electron chi connectivity index (χ2n) is 5.72. The summed E-state index contributed by atoms with van der Waals surface area (Å²) >= 11 is 0. The van der Waals surface area contributed by atoms with Crippen molar-refractivity contribution in [3.8, 4) is 5.75 Å². The zero-order valence-corrected chi connectivity index (χ0v) is 17.9. The van der Waals surface area contributed by atoms with Gasteiger partial charge in [-0.05, 0) is 43.5 Å². The van der Waals surface area contributed by atoms with E-state index in [2.05, 4.69) is 34.6 Å². The molecular weight excluding hydrogens is 429 g/mol. The zero-order valence-electron chi connectivity index (χ0n) is 15.6. The van der Waals surface area contributed by atoms with Crippen LogP contribution in [0.15, 0.2) is 29.3 Å². The Morgan fingerprint density at radius 2 is 1.88 bits per heavy atom. The van der Waals surface area contributed by atoms with Crippen molar-refractivity contribution in [2.24, 2.45) is 12.0 Å². The van der Waals surface area contributed by atoms with Crippen molar-refractivity contribution in [2.75, 3.05) is 20.7 Å². The Labute approximate surface area is 167 Å². The molecule has 0 saturated heterocycles. The van der Waals surface area contributed by atoms with Crippen LogP contribution < -0.4 is 15.4 Å². The number of aromatic nitrogens is 2. The third-order valence-corrected chi connectivity index (χ3v) is 4.17. The summed E-state index contributed by atoms with van der Waals surface area (Å²) in [4.78, 5) is 4.27. The molecule has 25 heavy (non-hydrogen) atoms. The summed E-state index contributed by atoms with van der Waals surface area (Å²) in [7, 11) is 5.43. The van der Waals surface area contributed by atoms with Gasteiger partial charge in [-0.3, -0.25) is 9.67 Å². The Morgan fingerprint density at radius 3 is 2.40 bits per heavy atom. The number of guanidine groups is 1. The maximum Gasteiger partial charge on any atom is 0.191 e. The fourth-order valence-corrected chi connectivity index (χ4v) is 2.63. The van der Waals surface area contributed by atoms with Gasteiger partial charge in [0.15, 0.2) is 5.96 Å². The minimum atomic E-state index is 0. The topological polar surface area (TPSA) is 63.5 Å². The van der Waals surface area contributed by atoms with Crippen molar-refractivity contribution in [2.45, 2.75) is 26.8 Å². The monoisotopic (exact) mass is 457 g/mol. The van der Waals surface area contributed by atoms with Crippen LogP contribution >= 0.6 is 24.0 Å². The summed E-state index contributed by atoms with van der Waals surface area (Å²) in [5, 5.41) is 11.1. The van der Waals surface area contributed by atoms with Gasteiger partial charge in [0, 0.05) is 32.9 Å². The van der Waals surface area contributed by atoms with Gasteiger partial charge in [0.2, 0.25) is 0 Å². The maximum absolute atomic E-state index is 5.17. The molecule has 0 fully saturated rings. The van der Waals surface area contributed by atoms with E-state index in [1.807, 2.05) is 36.0 Å². The number of aryl methyl sites for hydroxylation is 2. The summed E-state index contributed by atoms with van der Waals surface area (Å²) < 4.78 is 7.10. The second-order valence-corrected chi connectivity index (χ2v) is 5.72. The third-order valence-electron chi connectivity index (χ3n) is 4.17. The van der Waals surface area contributed by atoms with Crippen LogP contribution in [-0.4, -0.2) is 36.4 Å². The molecule has 0 aliphatic rings. The van der Waals surface area contributed by atoms with E-state index >= 15 is 0 Å². The van der Waals surface area contributed by atoms with Crippen LogP contribution in [-0.2, 0) is 20.0 Å². The van der Waals surface area contributed by atoms with Gasteiger partial charge in [0.1, 0.15) is 5.75 Å². The van der Waals surface area contributed by atoms with E-state index < -0.39 is 0 Å². The molecule has 0 aliphatic carbocycles. The molecule has 0 amide bonds. The lowest BCUT2D eigenvalue weighted by Gasteiger charge is -2.12. The Balaban J connectivity index is 0.00000312. The molecule has 2 N–H and O–H groups in total. The lowest BCUT2D eigenvalue weighted by molar-refractivity contribution is 0.414. The minimum absolute atomic E-state index is 0. The number of hydrogen-bond acceptors (Lipinski definition) is 3. The molecule has 0 atom stereocenters. The zero-order chi connectivity index (χ0) is 17.5. The lowest BCUT2D eigenvalue weighted by Crippen LogP contribution is -2.37. The molecule has 7 heteroatoms. The van der Waals surface area contributed by atoms with Crippen LogP contribution in [0, 0.1) is 13.8 Å². The predicted octanol–water partition coefficient (Wildman–Crippen LogP) is 2.57. The van der Waals surface area contributed by atoms with Crippen molar-refractivity contribution >= 4 is 29.9 Å². The number of methoxy groups -OCH3 is 1. The summed E-state index contributed by atoms with van der Waals surface area (Å²) in [6.45, 7) is 5.69. The molecule has 0 radical (unpaired) electrons. The highest BCUT2D eigenvalue weighted by atomic mass is 127. The number of nitrogens with zero attached hydrogens (tertiary/aromatic N) is 3. The molecule has 0 aliphatic heterocycles. The highest BCUT2D eigenvalue weighted by Crippen LogP contribution is 2.12. The fourth-order valence-electron chi connectivity index (χ4n) is 2.63. The van der Waals surface area contributed by atoms with Crippen molar-refractivity contribution in [3.63, 3.8) is 0 Å². The first-order chi connectivity index (χ1) is 11.5. The minimum Gasteiger partial charge on any atom is -0.497 e. The van der Waals surface area contributed by atoms with Crippen LogP contribution in [0.5, 0.6) is 5.75 Å². The van der Waals surface area contributed by atoms with E-state index in [1.54, 1.807) is 14.2 Å². The number of ether oxygens (including phenoxy) is 1. The lowest BCUT2D eigenvalue weighted by atomic mass is 10.1. The van der Waals surface area contributed by atoms with Gasteiger partial charge in [-0.15, -0.1) is 24.0 Å². The molecule has 1 aromatic carbocycles. The third kappa shape index (κ3) is 5.91.